The number of nitrogens with two attached hydrogens (primary N) is 1. The lowest BCUT2D eigenvalue weighted by Crippen LogP contribution is -2.44. The Balaban J connectivity index is 1.14. The molecule has 5 rings (SSSR count). The van der Waals surface area contributed by atoms with E-state index in [0.29, 0.717) is 34.9 Å². The Labute approximate surface area is 223 Å². The van der Waals surface area contributed by atoms with Crippen LogP contribution in [0.4, 0.5) is 4.39 Å². The smallest absolute Gasteiger partial charge is 0.257 e. The number of hydrogen-bond donors (Lipinski definition) is 2. The van der Waals surface area contributed by atoms with E-state index in [1.807, 2.05) is 6.07 Å². The van der Waals surface area contributed by atoms with Gasteiger partial charge in [0.2, 0.25) is 5.91 Å². The van der Waals surface area contributed by atoms with Gasteiger partial charge in [-0.1, -0.05) is 19.4 Å². The molecule has 1 aliphatic carbocycles. The van der Waals surface area contributed by atoms with Crippen LogP contribution in [0, 0.1) is 17.2 Å². The molecule has 0 radical (unpaired) electrons. The average Bonchev–Trinajstić information content (AvgIpc) is 3.29. The second kappa shape index (κ2) is 11.0. The number of hydrogen-bond acceptors (Lipinski definition) is 6. The van der Waals surface area contributed by atoms with Crippen molar-refractivity contribution in [2.24, 2.45) is 17.1 Å². The number of aliphatic hydroxyl groups excluding tert-OH is 1. The van der Waals surface area contributed by atoms with Crippen LogP contribution in [-0.4, -0.2) is 76.6 Å². The first kappa shape index (κ1) is 26.6. The van der Waals surface area contributed by atoms with Gasteiger partial charge in [-0.15, -0.1) is 0 Å². The number of carbonyl (C=O) groups is 2. The zero-order valence-corrected chi connectivity index (χ0v) is 21.9. The summed E-state index contributed by atoms with van der Waals surface area (Å²) in [5.41, 5.74) is 6.78. The Morgan fingerprint density at radius 3 is 2.58 bits per heavy atom. The predicted octanol–water partition coefficient (Wildman–Crippen LogP) is 3.23. The highest BCUT2D eigenvalue weighted by atomic mass is 19.1. The number of nitrogens with zero attached hydrogens (tertiary/aromatic N) is 3. The fraction of sp³-hybridized carbons (Fsp3) is 0.552. The third-order valence-corrected chi connectivity index (χ3v) is 8.46. The van der Waals surface area contributed by atoms with Crippen molar-refractivity contribution in [1.29, 1.82) is 0 Å². The van der Waals surface area contributed by atoms with Gasteiger partial charge in [0.05, 0.1) is 30.2 Å². The molecule has 3 N–H and O–H groups in total. The summed E-state index contributed by atoms with van der Waals surface area (Å²) >= 11 is 0. The number of pyridine rings is 1. The third kappa shape index (κ3) is 5.83. The summed E-state index contributed by atoms with van der Waals surface area (Å²) in [7, 11) is 0. The van der Waals surface area contributed by atoms with Gasteiger partial charge >= 0.3 is 0 Å². The van der Waals surface area contributed by atoms with Crippen molar-refractivity contribution in [1.82, 2.24) is 14.8 Å². The molecule has 0 spiro atoms. The molecule has 2 amide bonds. The van der Waals surface area contributed by atoms with E-state index in [1.54, 1.807) is 18.3 Å². The van der Waals surface area contributed by atoms with E-state index >= 15 is 0 Å². The SMILES string of the molecule is CC1(CN2CCC(COc3ccc(-c4ccc(C(=O)N5C[C@H](O)C[C@H]5C(N)=O)c(F)c4)nc3)CC2)CCC1. The normalized spacial score (nSPS) is 23.7. The summed E-state index contributed by atoms with van der Waals surface area (Å²) in [6.07, 6.45) is 7.20. The number of ether oxygens (including phenoxy) is 1. The number of β-amino-alcohol motifs (C(OH)–C–C–N with tert-alkyl or cyclic N) is 1. The number of primary amides is 1. The first-order valence-electron chi connectivity index (χ1n) is 13.6. The Hall–Kier alpha value is -3.04. The molecule has 2 aromatic rings. The van der Waals surface area contributed by atoms with E-state index in [1.165, 1.54) is 37.9 Å². The number of carbonyl (C=O) groups excluding carboxylic acids is 2. The van der Waals surface area contributed by atoms with E-state index in [9.17, 15) is 19.1 Å². The molecule has 2 atom stereocenters. The molecule has 1 aromatic heterocycles. The quantitative estimate of drug-likeness (QED) is 0.549. The molecule has 2 saturated heterocycles. The number of halogens is 1. The van der Waals surface area contributed by atoms with Crippen molar-refractivity contribution in [2.75, 3.05) is 32.8 Å². The van der Waals surface area contributed by atoms with Crippen LogP contribution < -0.4 is 10.5 Å². The van der Waals surface area contributed by atoms with Crippen LogP contribution in [0.1, 0.15) is 55.8 Å². The van der Waals surface area contributed by atoms with Crippen LogP contribution in [0.2, 0.25) is 0 Å². The number of likely N-dealkylation sites (tertiary alicyclic amines) is 2. The van der Waals surface area contributed by atoms with Gasteiger partial charge in [-0.3, -0.25) is 14.6 Å². The lowest BCUT2D eigenvalue weighted by atomic mass is 9.70. The van der Waals surface area contributed by atoms with Gasteiger partial charge in [-0.2, -0.15) is 0 Å². The van der Waals surface area contributed by atoms with E-state index in [0.717, 1.165) is 30.8 Å². The molecule has 0 bridgehead atoms. The van der Waals surface area contributed by atoms with Gasteiger partial charge < -0.3 is 25.4 Å². The van der Waals surface area contributed by atoms with Crippen molar-refractivity contribution in [3.63, 3.8) is 0 Å². The molecule has 3 aliphatic rings. The first-order valence-corrected chi connectivity index (χ1v) is 13.6. The Morgan fingerprint density at radius 1 is 1.21 bits per heavy atom. The van der Waals surface area contributed by atoms with Crippen LogP contribution >= 0.6 is 0 Å². The summed E-state index contributed by atoms with van der Waals surface area (Å²) < 4.78 is 20.9. The molecule has 204 valence electrons. The molecule has 1 aromatic carbocycles. The summed E-state index contributed by atoms with van der Waals surface area (Å²) in [4.78, 5) is 32.7. The van der Waals surface area contributed by atoms with Gasteiger partial charge in [0.1, 0.15) is 17.6 Å². The predicted molar refractivity (Wildman–Crippen MR) is 141 cm³/mol. The summed E-state index contributed by atoms with van der Waals surface area (Å²) in [5.74, 6) is -0.908. The van der Waals surface area contributed by atoms with Crippen molar-refractivity contribution in [2.45, 2.75) is 57.6 Å². The zero-order valence-electron chi connectivity index (χ0n) is 21.9. The monoisotopic (exact) mass is 524 g/mol. The van der Waals surface area contributed by atoms with Gasteiger partial charge in [-0.05, 0) is 74.4 Å². The Morgan fingerprint density at radius 2 is 1.97 bits per heavy atom. The summed E-state index contributed by atoms with van der Waals surface area (Å²) in [6, 6.07) is 6.89. The molecular formula is C29H37FN4O4. The minimum Gasteiger partial charge on any atom is -0.492 e. The van der Waals surface area contributed by atoms with E-state index in [-0.39, 0.29) is 18.5 Å². The van der Waals surface area contributed by atoms with Crippen LogP contribution in [0.15, 0.2) is 36.5 Å². The Bertz CT molecular complexity index is 1160. The molecule has 2 aliphatic heterocycles. The molecule has 38 heavy (non-hydrogen) atoms. The van der Waals surface area contributed by atoms with Crippen molar-refractivity contribution in [3.8, 4) is 17.0 Å². The molecule has 3 fully saturated rings. The lowest BCUT2D eigenvalue weighted by Gasteiger charge is -2.44. The third-order valence-electron chi connectivity index (χ3n) is 8.46. The highest BCUT2D eigenvalue weighted by molar-refractivity contribution is 5.98. The highest BCUT2D eigenvalue weighted by Crippen LogP contribution is 2.41. The fourth-order valence-electron chi connectivity index (χ4n) is 5.95. The van der Waals surface area contributed by atoms with Gasteiger partial charge in [0.25, 0.3) is 5.91 Å². The minimum atomic E-state index is -0.950. The van der Waals surface area contributed by atoms with Gasteiger partial charge in [0, 0.05) is 25.1 Å². The largest absolute Gasteiger partial charge is 0.492 e. The minimum absolute atomic E-state index is 0.0534. The standard InChI is InChI=1S/C29H37FN4O4/c1-29(9-2-10-29)18-33-11-7-19(8-12-33)17-38-22-4-6-25(32-15-22)20-3-5-23(24(30)13-20)28(37)34-16-21(35)14-26(34)27(31)36/h3-6,13,15,19,21,26,35H,2,7-12,14,16-18H2,1H3,(H2,31,36)/t21-,26+/m1/s1. The average molecular weight is 525 g/mol. The van der Waals surface area contributed by atoms with E-state index < -0.39 is 29.8 Å². The summed E-state index contributed by atoms with van der Waals surface area (Å²) in [6.45, 7) is 6.49. The number of aromatic nitrogens is 1. The molecule has 8 nitrogen and oxygen atoms in total. The van der Waals surface area contributed by atoms with Crippen molar-refractivity contribution in [3.05, 3.63) is 47.9 Å². The second-order valence-corrected chi connectivity index (χ2v) is 11.5. The number of piperidine rings is 1. The number of amides is 2. The van der Waals surface area contributed by atoms with E-state index in [2.05, 4.69) is 16.8 Å². The molecule has 0 unspecified atom stereocenters. The van der Waals surface area contributed by atoms with Gasteiger partial charge in [0.15, 0.2) is 0 Å². The van der Waals surface area contributed by atoms with Crippen LogP contribution in [0.3, 0.4) is 0 Å². The zero-order chi connectivity index (χ0) is 26.9. The Kier molecular flexibility index (Phi) is 7.68. The lowest BCUT2D eigenvalue weighted by molar-refractivity contribution is -0.121. The molecule has 1 saturated carbocycles. The van der Waals surface area contributed by atoms with Crippen LogP contribution in [0.25, 0.3) is 11.3 Å². The summed E-state index contributed by atoms with van der Waals surface area (Å²) in [5, 5.41) is 9.85. The van der Waals surface area contributed by atoms with E-state index in [4.69, 9.17) is 10.5 Å². The topological polar surface area (TPSA) is 109 Å². The maximum atomic E-state index is 14.9. The number of benzene rings is 1. The van der Waals surface area contributed by atoms with Gasteiger partial charge in [-0.25, -0.2) is 4.39 Å². The second-order valence-electron chi connectivity index (χ2n) is 11.5. The van der Waals surface area contributed by atoms with Crippen LogP contribution in [-0.2, 0) is 4.79 Å². The van der Waals surface area contributed by atoms with Crippen molar-refractivity contribution < 1.29 is 23.8 Å². The van der Waals surface area contributed by atoms with Crippen molar-refractivity contribution >= 4 is 11.8 Å². The maximum absolute atomic E-state index is 14.9. The maximum Gasteiger partial charge on any atom is 0.257 e. The number of aliphatic hydroxyl groups is 1. The molecule has 3 heterocycles. The molecular weight excluding hydrogens is 487 g/mol. The molecule has 9 heteroatoms. The number of rotatable bonds is 8. The highest BCUT2D eigenvalue weighted by Gasteiger charge is 2.39. The fourth-order valence-corrected chi connectivity index (χ4v) is 5.95. The van der Waals surface area contributed by atoms with Crippen LogP contribution in [0.5, 0.6) is 5.75 Å². The first-order chi connectivity index (χ1) is 18.2.